The Kier molecular flexibility index (Phi) is 8.04. The predicted molar refractivity (Wildman–Crippen MR) is 109 cm³/mol. The number of rotatable bonds is 9. The van der Waals surface area contributed by atoms with Crippen molar-refractivity contribution in [3.63, 3.8) is 0 Å². The molecule has 0 aliphatic carbocycles. The lowest BCUT2D eigenvalue weighted by molar-refractivity contribution is -0.151. The van der Waals surface area contributed by atoms with Crippen LogP contribution in [0.3, 0.4) is 0 Å². The summed E-state index contributed by atoms with van der Waals surface area (Å²) in [6.07, 6.45) is 0. The first kappa shape index (κ1) is 21.9. The fourth-order valence-corrected chi connectivity index (χ4v) is 3.75. The standard InChI is InChI=1S/C20H28N4O3S/c1-14(2)24(15(3)4)18(25)12-27-19(26)13-28-20-22-21-16(5)23(20)11-17-9-7-6-8-10-17/h6-10,14-15H,11-13H2,1-5H3. The Morgan fingerprint density at radius 2 is 1.75 bits per heavy atom. The van der Waals surface area contributed by atoms with Gasteiger partial charge in [-0.3, -0.25) is 9.59 Å². The van der Waals surface area contributed by atoms with Crippen molar-refractivity contribution < 1.29 is 14.3 Å². The summed E-state index contributed by atoms with van der Waals surface area (Å²) in [6, 6.07) is 10.1. The lowest BCUT2D eigenvalue weighted by Gasteiger charge is -2.30. The molecule has 1 amide bonds. The van der Waals surface area contributed by atoms with Gasteiger partial charge in [-0.25, -0.2) is 0 Å². The number of aryl methyl sites for hydroxylation is 1. The second-order valence-corrected chi connectivity index (χ2v) is 7.98. The van der Waals surface area contributed by atoms with E-state index in [0.717, 1.165) is 11.4 Å². The van der Waals surface area contributed by atoms with Gasteiger partial charge in [-0.2, -0.15) is 0 Å². The first-order chi connectivity index (χ1) is 13.3. The van der Waals surface area contributed by atoms with Crippen LogP contribution in [0.1, 0.15) is 39.1 Å². The Bertz CT molecular complexity index is 782. The van der Waals surface area contributed by atoms with E-state index in [4.69, 9.17) is 4.74 Å². The smallest absolute Gasteiger partial charge is 0.316 e. The van der Waals surface area contributed by atoms with E-state index in [9.17, 15) is 9.59 Å². The van der Waals surface area contributed by atoms with Gasteiger partial charge < -0.3 is 14.2 Å². The van der Waals surface area contributed by atoms with Gasteiger partial charge in [0.15, 0.2) is 11.8 Å². The first-order valence-corrected chi connectivity index (χ1v) is 10.3. The molecule has 152 valence electrons. The molecule has 8 heteroatoms. The van der Waals surface area contributed by atoms with Crippen LogP contribution in [0.15, 0.2) is 35.5 Å². The number of hydrogen-bond donors (Lipinski definition) is 0. The van der Waals surface area contributed by atoms with E-state index in [1.54, 1.807) is 4.90 Å². The largest absolute Gasteiger partial charge is 0.455 e. The van der Waals surface area contributed by atoms with Crippen LogP contribution in [-0.4, -0.2) is 56.0 Å². The maximum absolute atomic E-state index is 12.3. The predicted octanol–water partition coefficient (Wildman–Crippen LogP) is 2.92. The molecule has 0 saturated carbocycles. The summed E-state index contributed by atoms with van der Waals surface area (Å²) >= 11 is 1.26. The summed E-state index contributed by atoms with van der Waals surface area (Å²) < 4.78 is 7.12. The summed E-state index contributed by atoms with van der Waals surface area (Å²) in [5.74, 6) is 0.215. The molecule has 1 aromatic heterocycles. The van der Waals surface area contributed by atoms with Crippen molar-refractivity contribution in [2.24, 2.45) is 0 Å². The van der Waals surface area contributed by atoms with Crippen LogP contribution in [0.2, 0.25) is 0 Å². The van der Waals surface area contributed by atoms with Crippen molar-refractivity contribution in [3.8, 4) is 0 Å². The van der Waals surface area contributed by atoms with E-state index in [1.165, 1.54) is 11.8 Å². The number of hydrogen-bond acceptors (Lipinski definition) is 6. The highest BCUT2D eigenvalue weighted by atomic mass is 32.2. The molecular formula is C20H28N4O3S. The van der Waals surface area contributed by atoms with Crippen molar-refractivity contribution in [2.75, 3.05) is 12.4 Å². The summed E-state index contributed by atoms with van der Waals surface area (Å²) in [5.41, 5.74) is 1.13. The number of aromatic nitrogens is 3. The van der Waals surface area contributed by atoms with Gasteiger partial charge in [0, 0.05) is 12.1 Å². The van der Waals surface area contributed by atoms with E-state index in [1.807, 2.05) is 69.5 Å². The zero-order valence-electron chi connectivity index (χ0n) is 17.1. The number of esters is 1. The molecule has 1 aromatic carbocycles. The average molecular weight is 405 g/mol. The van der Waals surface area contributed by atoms with E-state index in [0.29, 0.717) is 11.7 Å². The number of carbonyl (C=O) groups excluding carboxylic acids is 2. The third-order valence-electron chi connectivity index (χ3n) is 4.16. The second-order valence-electron chi connectivity index (χ2n) is 7.04. The molecule has 0 spiro atoms. The highest BCUT2D eigenvalue weighted by Crippen LogP contribution is 2.18. The third kappa shape index (κ3) is 6.09. The number of nitrogens with zero attached hydrogens (tertiary/aromatic N) is 4. The van der Waals surface area contributed by atoms with Crippen molar-refractivity contribution >= 4 is 23.6 Å². The monoisotopic (exact) mass is 404 g/mol. The van der Waals surface area contributed by atoms with Crippen LogP contribution >= 0.6 is 11.8 Å². The highest BCUT2D eigenvalue weighted by Gasteiger charge is 2.21. The van der Waals surface area contributed by atoms with Crippen molar-refractivity contribution in [1.29, 1.82) is 0 Å². The number of thioether (sulfide) groups is 1. The van der Waals surface area contributed by atoms with Gasteiger partial charge in [0.25, 0.3) is 5.91 Å². The normalized spacial score (nSPS) is 11.1. The van der Waals surface area contributed by atoms with E-state index in [2.05, 4.69) is 10.2 Å². The number of ether oxygens (including phenoxy) is 1. The molecule has 0 bridgehead atoms. The molecule has 0 atom stereocenters. The van der Waals surface area contributed by atoms with E-state index in [-0.39, 0.29) is 30.4 Å². The Balaban J connectivity index is 1.89. The molecule has 0 radical (unpaired) electrons. The van der Waals surface area contributed by atoms with Gasteiger partial charge in [0.1, 0.15) is 5.82 Å². The van der Waals surface area contributed by atoms with Crippen LogP contribution in [0.25, 0.3) is 0 Å². The van der Waals surface area contributed by atoms with Gasteiger partial charge in [0.2, 0.25) is 0 Å². The zero-order chi connectivity index (χ0) is 20.7. The number of amides is 1. The first-order valence-electron chi connectivity index (χ1n) is 9.33. The molecular weight excluding hydrogens is 376 g/mol. The van der Waals surface area contributed by atoms with Crippen LogP contribution < -0.4 is 0 Å². The van der Waals surface area contributed by atoms with Gasteiger partial charge in [-0.15, -0.1) is 10.2 Å². The van der Waals surface area contributed by atoms with Gasteiger partial charge >= 0.3 is 5.97 Å². The van der Waals surface area contributed by atoms with Crippen LogP contribution in [0.4, 0.5) is 0 Å². The van der Waals surface area contributed by atoms with E-state index >= 15 is 0 Å². The quantitative estimate of drug-likeness (QED) is 0.472. The molecule has 0 aliphatic heterocycles. The molecule has 2 aromatic rings. The lowest BCUT2D eigenvalue weighted by atomic mass is 10.2. The highest BCUT2D eigenvalue weighted by molar-refractivity contribution is 7.99. The minimum Gasteiger partial charge on any atom is -0.455 e. The van der Waals surface area contributed by atoms with Gasteiger partial charge in [-0.1, -0.05) is 42.1 Å². The van der Waals surface area contributed by atoms with Crippen LogP contribution in [0, 0.1) is 6.92 Å². The minimum atomic E-state index is -0.447. The Labute approximate surface area is 170 Å². The maximum Gasteiger partial charge on any atom is 0.316 e. The lowest BCUT2D eigenvalue weighted by Crippen LogP contribution is -2.44. The Morgan fingerprint density at radius 3 is 2.36 bits per heavy atom. The molecule has 0 saturated heterocycles. The second kappa shape index (κ2) is 10.3. The third-order valence-corrected chi connectivity index (χ3v) is 5.10. The molecule has 2 rings (SSSR count). The van der Waals surface area contributed by atoms with Crippen LogP contribution in [0.5, 0.6) is 0 Å². The molecule has 0 unspecified atom stereocenters. The molecule has 1 heterocycles. The molecule has 0 N–H and O–H groups in total. The van der Waals surface area contributed by atoms with Crippen LogP contribution in [-0.2, 0) is 20.9 Å². The molecule has 28 heavy (non-hydrogen) atoms. The minimum absolute atomic E-state index is 0.0556. The molecule has 0 fully saturated rings. The fourth-order valence-electron chi connectivity index (χ4n) is 2.97. The average Bonchev–Trinajstić information content (AvgIpc) is 2.98. The van der Waals surface area contributed by atoms with Crippen molar-refractivity contribution in [2.45, 2.75) is 58.4 Å². The maximum atomic E-state index is 12.3. The number of benzene rings is 1. The number of carbonyl (C=O) groups is 2. The summed E-state index contributed by atoms with van der Waals surface area (Å²) in [6.45, 7) is 10.0. The zero-order valence-corrected chi connectivity index (χ0v) is 17.9. The Hall–Kier alpha value is -2.35. The topological polar surface area (TPSA) is 77.3 Å². The van der Waals surface area contributed by atoms with E-state index < -0.39 is 5.97 Å². The summed E-state index contributed by atoms with van der Waals surface area (Å²) in [4.78, 5) is 26.1. The van der Waals surface area contributed by atoms with Gasteiger partial charge in [0.05, 0.1) is 12.3 Å². The molecule has 7 nitrogen and oxygen atoms in total. The Morgan fingerprint density at radius 1 is 1.11 bits per heavy atom. The van der Waals surface area contributed by atoms with Crippen molar-refractivity contribution in [3.05, 3.63) is 41.7 Å². The fraction of sp³-hybridized carbons (Fsp3) is 0.500. The summed E-state index contributed by atoms with van der Waals surface area (Å²) in [7, 11) is 0. The SMILES string of the molecule is Cc1nnc(SCC(=O)OCC(=O)N(C(C)C)C(C)C)n1Cc1ccccc1. The molecule has 0 aliphatic rings. The summed E-state index contributed by atoms with van der Waals surface area (Å²) in [5, 5.41) is 8.90. The van der Waals surface area contributed by atoms with Crippen molar-refractivity contribution in [1.82, 2.24) is 19.7 Å². The van der Waals surface area contributed by atoms with Gasteiger partial charge in [-0.05, 0) is 40.2 Å².